The van der Waals surface area contributed by atoms with Crippen molar-refractivity contribution in [2.24, 2.45) is 0 Å². The number of likely N-dealkylation sites (N-methyl/N-ethyl adjacent to an activating group) is 1. The first-order valence-corrected chi connectivity index (χ1v) is 5.74. The molecule has 0 radical (unpaired) electrons. The number of aliphatic hydroxyl groups is 1. The molecule has 0 unspecified atom stereocenters. The van der Waals surface area contributed by atoms with Crippen LogP contribution in [0.1, 0.15) is 0 Å². The molecule has 12 heavy (non-hydrogen) atoms. The summed E-state index contributed by atoms with van der Waals surface area (Å²) in [4.78, 5) is 0. The maximum atomic E-state index is 11.1. The summed E-state index contributed by atoms with van der Waals surface area (Å²) >= 11 is 0. The van der Waals surface area contributed by atoms with E-state index in [2.05, 4.69) is 0 Å². The van der Waals surface area contributed by atoms with Crippen LogP contribution < -0.4 is 0 Å². The molecule has 1 N–H and O–H groups in total. The van der Waals surface area contributed by atoms with Crippen molar-refractivity contribution in [3.63, 3.8) is 0 Å². The SMILES string of the molecule is C[N+](C)(C)[C@@H]1CS(=O)(=O)C[C@H]1O. The van der Waals surface area contributed by atoms with E-state index in [1.165, 1.54) is 0 Å². The van der Waals surface area contributed by atoms with Gasteiger partial charge in [0.1, 0.15) is 17.9 Å². The fourth-order valence-corrected chi connectivity index (χ4v) is 3.62. The predicted molar refractivity (Wildman–Crippen MR) is 46.5 cm³/mol. The first-order valence-electron chi connectivity index (χ1n) is 3.92. The van der Waals surface area contributed by atoms with Gasteiger partial charge in [-0.05, 0) is 0 Å². The lowest BCUT2D eigenvalue weighted by molar-refractivity contribution is -0.896. The largest absolute Gasteiger partial charge is 0.386 e. The van der Waals surface area contributed by atoms with Gasteiger partial charge < -0.3 is 9.59 Å². The third-order valence-corrected chi connectivity index (χ3v) is 3.99. The summed E-state index contributed by atoms with van der Waals surface area (Å²) in [5.41, 5.74) is 0. The predicted octanol–water partition coefficient (Wildman–Crippen LogP) is -1.15. The first-order chi connectivity index (χ1) is 5.22. The van der Waals surface area contributed by atoms with E-state index in [0.717, 1.165) is 0 Å². The Bertz CT molecular complexity index is 265. The zero-order valence-corrected chi connectivity index (χ0v) is 8.50. The Labute approximate surface area is 73.3 Å². The van der Waals surface area contributed by atoms with Gasteiger partial charge in [0.15, 0.2) is 9.84 Å². The van der Waals surface area contributed by atoms with Crippen LogP contribution >= 0.6 is 0 Å². The Morgan fingerprint density at radius 2 is 1.75 bits per heavy atom. The van der Waals surface area contributed by atoms with Gasteiger partial charge in [-0.15, -0.1) is 0 Å². The van der Waals surface area contributed by atoms with Gasteiger partial charge in [-0.1, -0.05) is 0 Å². The van der Waals surface area contributed by atoms with E-state index < -0.39 is 15.9 Å². The topological polar surface area (TPSA) is 54.4 Å². The highest BCUT2D eigenvalue weighted by Crippen LogP contribution is 2.19. The number of aliphatic hydroxyl groups excluding tert-OH is 1. The second kappa shape index (κ2) is 2.68. The summed E-state index contributed by atoms with van der Waals surface area (Å²) in [5.74, 6) is 0.0326. The Balaban J connectivity index is 2.85. The molecule has 5 heteroatoms. The van der Waals surface area contributed by atoms with Crippen LogP contribution in [0.4, 0.5) is 0 Å². The normalized spacial score (nSPS) is 35.3. The Morgan fingerprint density at radius 3 is 1.92 bits per heavy atom. The summed E-state index contributed by atoms with van der Waals surface area (Å²) in [7, 11) is 2.70. The first kappa shape index (κ1) is 9.95. The standard InChI is InChI=1S/C7H16NO3S/c1-8(2,3)6-4-12(10,11)5-7(6)9/h6-7,9H,4-5H2,1-3H3/q+1/t6-,7-/m1/s1. The number of quaternary nitrogens is 1. The van der Waals surface area contributed by atoms with Gasteiger partial charge in [-0.2, -0.15) is 0 Å². The van der Waals surface area contributed by atoms with E-state index in [1.54, 1.807) is 0 Å². The van der Waals surface area contributed by atoms with Crippen LogP contribution in [0.2, 0.25) is 0 Å². The minimum absolute atomic E-state index is 0.0762. The summed E-state index contributed by atoms with van der Waals surface area (Å²) < 4.78 is 22.8. The number of hydrogen-bond acceptors (Lipinski definition) is 3. The fourth-order valence-electron chi connectivity index (χ4n) is 1.55. The minimum Gasteiger partial charge on any atom is -0.386 e. The smallest absolute Gasteiger partial charge is 0.159 e. The van der Waals surface area contributed by atoms with Gasteiger partial charge in [0, 0.05) is 0 Å². The van der Waals surface area contributed by atoms with Crippen molar-refractivity contribution in [1.29, 1.82) is 0 Å². The van der Waals surface area contributed by atoms with Gasteiger partial charge in [-0.3, -0.25) is 0 Å². The van der Waals surface area contributed by atoms with Gasteiger partial charge in [0.25, 0.3) is 0 Å². The zero-order valence-electron chi connectivity index (χ0n) is 7.69. The van der Waals surface area contributed by atoms with Crippen LogP contribution in [-0.4, -0.2) is 62.8 Å². The minimum atomic E-state index is -2.99. The summed E-state index contributed by atoms with van der Waals surface area (Å²) in [6.45, 7) is 0. The molecule has 0 saturated carbocycles. The van der Waals surface area contributed by atoms with Crippen molar-refractivity contribution in [3.8, 4) is 0 Å². The quantitative estimate of drug-likeness (QED) is 0.536. The van der Waals surface area contributed by atoms with Crippen LogP contribution in [0.15, 0.2) is 0 Å². The van der Waals surface area contributed by atoms with Crippen LogP contribution in [0.25, 0.3) is 0 Å². The molecule has 0 bridgehead atoms. The lowest BCUT2D eigenvalue weighted by Crippen LogP contribution is -2.51. The molecule has 2 atom stereocenters. The third-order valence-electron chi connectivity index (χ3n) is 2.29. The second-order valence-corrected chi connectivity index (χ2v) is 6.48. The molecule has 0 amide bonds. The number of rotatable bonds is 1. The molecule has 1 fully saturated rings. The molecular weight excluding hydrogens is 178 g/mol. The van der Waals surface area contributed by atoms with E-state index in [1.807, 2.05) is 21.1 Å². The van der Waals surface area contributed by atoms with Crippen LogP contribution in [-0.2, 0) is 9.84 Å². The molecule has 1 aliphatic rings. The molecule has 0 spiro atoms. The molecule has 0 aromatic heterocycles. The maximum absolute atomic E-state index is 11.1. The highest BCUT2D eigenvalue weighted by Gasteiger charge is 2.44. The van der Waals surface area contributed by atoms with Crippen molar-refractivity contribution in [1.82, 2.24) is 0 Å². The summed E-state index contributed by atoms with van der Waals surface area (Å²) in [6.07, 6.45) is -0.699. The van der Waals surface area contributed by atoms with Crippen LogP contribution in [0.3, 0.4) is 0 Å². The molecule has 0 aromatic carbocycles. The van der Waals surface area contributed by atoms with Gasteiger partial charge >= 0.3 is 0 Å². The molecule has 1 saturated heterocycles. The third kappa shape index (κ3) is 1.97. The van der Waals surface area contributed by atoms with Crippen molar-refractivity contribution >= 4 is 9.84 Å². The molecule has 0 aromatic rings. The van der Waals surface area contributed by atoms with E-state index in [-0.39, 0.29) is 17.5 Å². The second-order valence-electron chi connectivity index (χ2n) is 4.33. The van der Waals surface area contributed by atoms with Crippen molar-refractivity contribution < 1.29 is 18.0 Å². The van der Waals surface area contributed by atoms with Crippen molar-refractivity contribution in [2.75, 3.05) is 32.6 Å². The number of sulfone groups is 1. The lowest BCUT2D eigenvalue weighted by atomic mass is 10.2. The molecule has 4 nitrogen and oxygen atoms in total. The van der Waals surface area contributed by atoms with Crippen molar-refractivity contribution in [2.45, 2.75) is 12.1 Å². The van der Waals surface area contributed by atoms with E-state index in [4.69, 9.17) is 0 Å². The molecule has 1 heterocycles. The van der Waals surface area contributed by atoms with E-state index in [0.29, 0.717) is 4.48 Å². The maximum Gasteiger partial charge on any atom is 0.159 e. The molecular formula is C7H16NO3S+. The highest BCUT2D eigenvalue weighted by atomic mass is 32.2. The monoisotopic (exact) mass is 194 g/mol. The fraction of sp³-hybridized carbons (Fsp3) is 1.00. The number of nitrogens with zero attached hydrogens (tertiary/aromatic N) is 1. The Hall–Kier alpha value is -0.130. The zero-order chi connectivity index (χ0) is 9.57. The van der Waals surface area contributed by atoms with E-state index in [9.17, 15) is 13.5 Å². The van der Waals surface area contributed by atoms with Crippen LogP contribution in [0, 0.1) is 0 Å². The average molecular weight is 194 g/mol. The van der Waals surface area contributed by atoms with E-state index >= 15 is 0 Å². The van der Waals surface area contributed by atoms with Crippen LogP contribution in [0.5, 0.6) is 0 Å². The summed E-state index contributed by atoms with van der Waals surface area (Å²) in [5, 5.41) is 9.47. The number of hydrogen-bond donors (Lipinski definition) is 1. The highest BCUT2D eigenvalue weighted by molar-refractivity contribution is 7.91. The lowest BCUT2D eigenvalue weighted by Gasteiger charge is -2.32. The molecule has 0 aliphatic carbocycles. The summed E-state index contributed by atoms with van der Waals surface area (Å²) in [6, 6.07) is -0.171. The van der Waals surface area contributed by atoms with Gasteiger partial charge in [0.05, 0.1) is 26.9 Å². The van der Waals surface area contributed by atoms with Crippen molar-refractivity contribution in [3.05, 3.63) is 0 Å². The van der Waals surface area contributed by atoms with Gasteiger partial charge in [-0.25, -0.2) is 8.42 Å². The Morgan fingerprint density at radius 1 is 1.25 bits per heavy atom. The Kier molecular flexibility index (Phi) is 2.22. The van der Waals surface area contributed by atoms with Gasteiger partial charge in [0.2, 0.25) is 0 Å². The average Bonchev–Trinajstić information content (AvgIpc) is 2.03. The molecule has 1 aliphatic heterocycles. The molecule has 1 rings (SSSR count). The molecule has 72 valence electrons.